The summed E-state index contributed by atoms with van der Waals surface area (Å²) in [5, 5.41) is 15.1. The van der Waals surface area contributed by atoms with Crippen molar-refractivity contribution in [1.29, 1.82) is 5.41 Å². The maximum atomic E-state index is 14.1. The monoisotopic (exact) mass is 1810 g/mol. The van der Waals surface area contributed by atoms with Crippen LogP contribution in [0.2, 0.25) is 0 Å². The molecular weight excluding hydrogens is 1700 g/mol. The minimum atomic E-state index is -1.23. The highest BCUT2D eigenvalue weighted by molar-refractivity contribution is 6.13. The van der Waals surface area contributed by atoms with Crippen LogP contribution in [0.15, 0.2) is 335 Å². The summed E-state index contributed by atoms with van der Waals surface area (Å²) in [4.78, 5) is 122. The second-order valence-electron chi connectivity index (χ2n) is 36.6. The molecule has 0 bridgehead atoms. The summed E-state index contributed by atoms with van der Waals surface area (Å²) in [5.41, 5.74) is 28.7. The third-order valence-corrected chi connectivity index (χ3v) is 28.1. The molecule has 1 saturated carbocycles. The third-order valence-electron chi connectivity index (χ3n) is 28.1. The standard InChI is InChI=1S/C30H33N5O4.C30H32N4O2.C26H27N5O.C26H24N2O/c1-20(36)34-13-11-21(12-14-34)19-35-28(38)30(2,33-29(35)31)25-9-4-7-23(17-25)22-6-3-8-24(16-22)27(37)32-18-26-10-5-15-39-26;1-33(26-18-9-4-10-19-26)27(35)23-13-11-12-22(20-23)21-34-28(36)30(32-29(34)31,24-14-5-2-6-15-24)25-16-7-3-8-17-25;27-25-30-26(22-8-2-1-3-9-22,24(32)31(25)18-19-11-14-28-15-12-19)23-10-4-6-20(16-23)21-7-5-13-29-17-21;27-24-18-26(20-12-3-1-4-13-20,21-14-5-2-6-15-21)25(29)28(24)23-17-9-11-19-10-7-8-16-22(19)23/h3-10,15-17,21H,11-14,18-19H2,1-2H3,(H2,31,33)(H,32,37);2-3,5-8,11-17,20,26H,4,9-10,18-19,21H2,1H3,(H2,31,32);1-10,13,16-17,19,28H,11-12,14-15,18H2,(H2,27,30);1-8,10,12-16,23,27H,9,11,17-18H2. The van der Waals surface area contributed by atoms with Gasteiger partial charge in [0.1, 0.15) is 17.0 Å². The van der Waals surface area contributed by atoms with Crippen molar-refractivity contribution in [3.8, 4) is 22.3 Å². The molecule has 4 fully saturated rings. The van der Waals surface area contributed by atoms with E-state index in [0.717, 1.165) is 138 Å². The number of aromatic nitrogens is 1. The van der Waals surface area contributed by atoms with E-state index in [-0.39, 0.29) is 77.8 Å². The summed E-state index contributed by atoms with van der Waals surface area (Å²) < 4.78 is 5.28. The average molecular weight is 1810 g/mol. The smallest absolute Gasteiger partial charge is 0.266 e. The highest BCUT2D eigenvalue weighted by atomic mass is 16.3. The van der Waals surface area contributed by atoms with Crippen LogP contribution in [0.4, 0.5) is 0 Å². The van der Waals surface area contributed by atoms with Gasteiger partial charge in [0, 0.05) is 76.1 Å². The van der Waals surface area contributed by atoms with Crippen LogP contribution in [-0.4, -0.2) is 152 Å². The van der Waals surface area contributed by atoms with Crippen molar-refractivity contribution in [2.75, 3.05) is 46.3 Å². The Kier molecular flexibility index (Phi) is 28.1. The number of hydrogen-bond acceptors (Lipinski definition) is 17. The third kappa shape index (κ3) is 19.2. The molecule has 8 aliphatic rings. The number of amidine groups is 1. The number of nitrogens with one attached hydrogen (secondary N) is 3. The molecule has 10 aromatic carbocycles. The van der Waals surface area contributed by atoms with Crippen molar-refractivity contribution in [2.24, 2.45) is 44.0 Å². The van der Waals surface area contributed by atoms with Gasteiger partial charge in [0.05, 0.1) is 25.4 Å². The van der Waals surface area contributed by atoms with Gasteiger partial charge in [-0.2, -0.15) is 0 Å². The topological polar surface area (TPSA) is 328 Å². The van der Waals surface area contributed by atoms with Crippen LogP contribution >= 0.6 is 0 Å². The first-order chi connectivity index (χ1) is 66.1. The number of aliphatic imine (C=N–C) groups is 3. The lowest BCUT2D eigenvalue weighted by atomic mass is 9.73. The van der Waals surface area contributed by atoms with Crippen LogP contribution in [0, 0.1) is 17.2 Å². The van der Waals surface area contributed by atoms with Gasteiger partial charge in [0.2, 0.25) is 11.8 Å². The Morgan fingerprint density at radius 2 is 1.00 bits per heavy atom. The number of hydrogen-bond donors (Lipinski definition) is 6. The molecule has 20 rings (SSSR count). The van der Waals surface area contributed by atoms with E-state index in [4.69, 9.17) is 37.0 Å². The van der Waals surface area contributed by atoms with E-state index in [0.29, 0.717) is 73.7 Å². The molecule has 692 valence electrons. The lowest BCUT2D eigenvalue weighted by molar-refractivity contribution is -0.133. The molecule has 8 heterocycles. The minimum Gasteiger partial charge on any atom is -0.467 e. The molecule has 24 heteroatoms. The van der Waals surface area contributed by atoms with Crippen molar-refractivity contribution in [3.05, 3.63) is 388 Å². The fraction of sp³-hybridized carbons (Fsp3) is 0.286. The molecule has 12 aromatic rings. The van der Waals surface area contributed by atoms with Gasteiger partial charge in [-0.1, -0.05) is 262 Å². The Morgan fingerprint density at radius 1 is 0.493 bits per heavy atom. The molecule has 2 aliphatic carbocycles. The number of aryl methyl sites for hydroxylation is 1. The number of carbonyl (C=O) groups excluding carboxylic acids is 7. The summed E-state index contributed by atoms with van der Waals surface area (Å²) >= 11 is 0. The first kappa shape index (κ1) is 92.8. The van der Waals surface area contributed by atoms with Gasteiger partial charge in [0.15, 0.2) is 34.5 Å². The van der Waals surface area contributed by atoms with Crippen molar-refractivity contribution in [3.63, 3.8) is 0 Å². The molecule has 2 aromatic heterocycles. The number of fused-ring (bicyclic) bond motifs is 1. The van der Waals surface area contributed by atoms with Gasteiger partial charge in [0.25, 0.3) is 29.5 Å². The number of pyridine rings is 1. The van der Waals surface area contributed by atoms with Crippen LogP contribution < -0.4 is 27.8 Å². The summed E-state index contributed by atoms with van der Waals surface area (Å²) in [7, 11) is 1.90. The van der Waals surface area contributed by atoms with Gasteiger partial charge in [-0.3, -0.25) is 63.6 Å². The zero-order valence-corrected chi connectivity index (χ0v) is 77.2. The lowest BCUT2D eigenvalue weighted by Crippen LogP contribution is -2.47. The molecule has 3 unspecified atom stereocenters. The van der Waals surface area contributed by atoms with Crippen molar-refractivity contribution in [1.82, 2.24) is 45.0 Å². The van der Waals surface area contributed by atoms with Crippen LogP contribution in [0.3, 0.4) is 0 Å². The van der Waals surface area contributed by atoms with E-state index >= 15 is 0 Å². The Balaban J connectivity index is 0.000000126. The van der Waals surface area contributed by atoms with Gasteiger partial charge in [-0.05, 0) is 222 Å². The normalized spacial score (nSPS) is 19.8. The summed E-state index contributed by atoms with van der Waals surface area (Å²) in [5.74, 6) is 1.95. The number of guanidine groups is 3. The molecule has 9 N–H and O–H groups in total. The lowest BCUT2D eigenvalue weighted by Gasteiger charge is -2.35. The molecule has 6 aliphatic heterocycles. The Bertz CT molecular complexity index is 6320. The summed E-state index contributed by atoms with van der Waals surface area (Å²) in [6.45, 7) is 8.34. The Labute approximate surface area is 794 Å². The van der Waals surface area contributed by atoms with E-state index in [1.54, 1.807) is 59.2 Å². The predicted octanol–water partition coefficient (Wildman–Crippen LogP) is 16.6. The number of benzene rings is 10. The maximum absolute atomic E-state index is 14.1. The fourth-order valence-corrected chi connectivity index (χ4v) is 20.6. The number of rotatable bonds is 21. The van der Waals surface area contributed by atoms with Gasteiger partial charge < -0.3 is 42.1 Å². The molecule has 3 saturated heterocycles. The van der Waals surface area contributed by atoms with Crippen LogP contribution in [0.5, 0.6) is 0 Å². The largest absolute Gasteiger partial charge is 0.467 e. The molecular formula is C112H116N16O8. The van der Waals surface area contributed by atoms with E-state index in [2.05, 4.69) is 38.8 Å². The first-order valence-electron chi connectivity index (χ1n) is 47.3. The highest BCUT2D eigenvalue weighted by Gasteiger charge is 2.56. The van der Waals surface area contributed by atoms with Crippen molar-refractivity contribution >= 4 is 65.1 Å². The van der Waals surface area contributed by atoms with E-state index in [1.165, 1.54) is 35.3 Å². The van der Waals surface area contributed by atoms with Crippen molar-refractivity contribution < 1.29 is 38.0 Å². The highest BCUT2D eigenvalue weighted by Crippen LogP contribution is 2.49. The van der Waals surface area contributed by atoms with Gasteiger partial charge in [-0.25, -0.2) is 15.0 Å². The number of nitrogens with zero attached hydrogens (tertiary/aromatic N) is 10. The summed E-state index contributed by atoms with van der Waals surface area (Å²) in [6.07, 6.45) is 18.0. The van der Waals surface area contributed by atoms with E-state index in [1.807, 2.05) is 284 Å². The second-order valence-corrected chi connectivity index (χ2v) is 36.6. The number of nitrogens with two attached hydrogens (primary N) is 3. The fourth-order valence-electron chi connectivity index (χ4n) is 20.6. The number of amides is 7. The summed E-state index contributed by atoms with van der Waals surface area (Å²) in [6, 6.07) is 95.4. The molecule has 0 spiro atoms. The number of likely N-dealkylation sites (tertiary alicyclic amines) is 2. The Hall–Kier alpha value is -15.0. The van der Waals surface area contributed by atoms with Crippen LogP contribution in [-0.2, 0) is 65.5 Å². The number of furan rings is 1. The van der Waals surface area contributed by atoms with Crippen molar-refractivity contribution in [2.45, 2.75) is 145 Å². The minimum absolute atomic E-state index is 0.0149. The molecule has 7 amide bonds. The maximum Gasteiger partial charge on any atom is 0.266 e. The SMILES string of the molecule is CC(=O)N1CCC(CN2C(=O)C(C)(c3cccc(-c4cccc(C(=O)NCc5ccco5)c4)c3)N=C2N)CC1.CN(C(=O)c1cccc(CN2C(=O)C(c3ccccc3)(c3ccccc3)N=C2N)c1)C1CCCCC1.N=C1CC(c2ccccc2)(c2ccccc2)C(=O)N1C1CCCc2ccccc21.NC1=NC(c2ccccc2)(c2cccc(-c3cccnc3)c2)C(=O)N1CC1CCNCC1. The number of carbonyl (C=O) groups is 7. The van der Waals surface area contributed by atoms with Crippen LogP contribution in [0.25, 0.3) is 22.3 Å². The van der Waals surface area contributed by atoms with E-state index in [9.17, 15) is 33.6 Å². The average Bonchev–Trinajstić information content (AvgIpc) is 1.54. The molecule has 24 nitrogen and oxygen atoms in total. The van der Waals surface area contributed by atoms with Gasteiger partial charge in [-0.15, -0.1) is 0 Å². The predicted molar refractivity (Wildman–Crippen MR) is 529 cm³/mol. The zero-order chi connectivity index (χ0) is 94.5. The first-order valence-corrected chi connectivity index (χ1v) is 47.3. The van der Waals surface area contributed by atoms with Gasteiger partial charge >= 0.3 is 0 Å². The molecule has 3 atom stereocenters. The van der Waals surface area contributed by atoms with Crippen LogP contribution in [0.1, 0.15) is 179 Å². The molecule has 0 radical (unpaired) electrons. The quantitative estimate of drug-likeness (QED) is 0.0390. The second kappa shape index (κ2) is 41.2. The molecule has 136 heavy (non-hydrogen) atoms. The van der Waals surface area contributed by atoms with E-state index < -0.39 is 22.0 Å². The Morgan fingerprint density at radius 3 is 1.60 bits per heavy atom. The number of piperidine rings is 2. The zero-order valence-electron chi connectivity index (χ0n) is 77.2.